The van der Waals surface area contributed by atoms with Gasteiger partial charge in [-0.25, -0.2) is 4.98 Å². The molecule has 0 radical (unpaired) electrons. The van der Waals surface area contributed by atoms with Gasteiger partial charge in [-0.2, -0.15) is 4.39 Å². The number of hydrogen-bond acceptors (Lipinski definition) is 3. The van der Waals surface area contributed by atoms with Crippen molar-refractivity contribution < 1.29 is 14.0 Å². The third-order valence-electron chi connectivity index (χ3n) is 4.25. The first kappa shape index (κ1) is 14.0. The Morgan fingerprint density at radius 1 is 1.33 bits per heavy atom. The number of hydrogen-bond donors (Lipinski definition) is 0. The van der Waals surface area contributed by atoms with Crippen molar-refractivity contribution in [3.63, 3.8) is 0 Å². The minimum atomic E-state index is -0.597. The molecule has 0 N–H and O–H groups in total. The first-order valence-electron chi connectivity index (χ1n) is 7.24. The van der Waals surface area contributed by atoms with E-state index in [1.165, 1.54) is 18.3 Å². The number of nitrogens with zero attached hydrogens (tertiary/aromatic N) is 3. The molecule has 1 aromatic heterocycles. The summed E-state index contributed by atoms with van der Waals surface area (Å²) in [4.78, 5) is 31.3. The van der Waals surface area contributed by atoms with Crippen molar-refractivity contribution in [1.29, 1.82) is 0 Å². The molecule has 0 unspecified atom stereocenters. The summed E-state index contributed by atoms with van der Waals surface area (Å²) in [6, 6.07) is 2.70. The molecular formula is C15H18FN3O2. The standard InChI is InChI=1S/C15H18FN3O2/c1-18(14(20)10-2-3-10)12-6-7-19(9-12)15(21)11-4-5-13(16)17-8-11/h4-5,8,10,12H,2-3,6-7,9H2,1H3/t12-/m0/s1. The molecule has 112 valence electrons. The zero-order chi connectivity index (χ0) is 15.0. The third-order valence-corrected chi connectivity index (χ3v) is 4.25. The van der Waals surface area contributed by atoms with Crippen molar-refractivity contribution >= 4 is 11.8 Å². The zero-order valence-electron chi connectivity index (χ0n) is 12.0. The van der Waals surface area contributed by atoms with Gasteiger partial charge in [-0.05, 0) is 31.4 Å². The van der Waals surface area contributed by atoms with Crippen molar-refractivity contribution in [2.24, 2.45) is 5.92 Å². The summed E-state index contributed by atoms with van der Waals surface area (Å²) >= 11 is 0. The summed E-state index contributed by atoms with van der Waals surface area (Å²) in [5, 5.41) is 0. The van der Waals surface area contributed by atoms with Crippen molar-refractivity contribution in [2.75, 3.05) is 20.1 Å². The Labute approximate surface area is 122 Å². The van der Waals surface area contributed by atoms with Gasteiger partial charge in [0.05, 0.1) is 11.6 Å². The molecule has 1 saturated carbocycles. The van der Waals surface area contributed by atoms with E-state index in [4.69, 9.17) is 0 Å². The van der Waals surface area contributed by atoms with Crippen LogP contribution in [-0.4, -0.2) is 52.8 Å². The van der Waals surface area contributed by atoms with Crippen molar-refractivity contribution in [1.82, 2.24) is 14.8 Å². The number of pyridine rings is 1. The lowest BCUT2D eigenvalue weighted by atomic mass is 10.2. The Hall–Kier alpha value is -1.98. The number of carbonyl (C=O) groups is 2. The molecule has 0 spiro atoms. The van der Waals surface area contributed by atoms with Crippen LogP contribution in [0.2, 0.25) is 0 Å². The van der Waals surface area contributed by atoms with Crippen molar-refractivity contribution in [2.45, 2.75) is 25.3 Å². The predicted octanol–water partition coefficient (Wildman–Crippen LogP) is 1.30. The zero-order valence-corrected chi connectivity index (χ0v) is 12.0. The molecule has 1 saturated heterocycles. The van der Waals surface area contributed by atoms with Crippen LogP contribution >= 0.6 is 0 Å². The van der Waals surface area contributed by atoms with E-state index in [1.54, 1.807) is 9.80 Å². The molecule has 5 nitrogen and oxygen atoms in total. The van der Waals surface area contributed by atoms with Crippen LogP contribution in [0.3, 0.4) is 0 Å². The van der Waals surface area contributed by atoms with E-state index >= 15 is 0 Å². The fourth-order valence-corrected chi connectivity index (χ4v) is 2.73. The smallest absolute Gasteiger partial charge is 0.255 e. The molecule has 1 aliphatic carbocycles. The van der Waals surface area contributed by atoms with Crippen LogP contribution in [0.25, 0.3) is 0 Å². The van der Waals surface area contributed by atoms with Crippen LogP contribution in [0.4, 0.5) is 4.39 Å². The minimum absolute atomic E-state index is 0.0791. The fourth-order valence-electron chi connectivity index (χ4n) is 2.73. The monoisotopic (exact) mass is 291 g/mol. The maximum absolute atomic E-state index is 12.8. The highest BCUT2D eigenvalue weighted by Gasteiger charge is 2.37. The molecule has 2 aliphatic rings. The molecule has 0 aromatic carbocycles. The van der Waals surface area contributed by atoms with E-state index in [0.717, 1.165) is 19.3 Å². The summed E-state index contributed by atoms with van der Waals surface area (Å²) in [7, 11) is 1.82. The lowest BCUT2D eigenvalue weighted by molar-refractivity contribution is -0.133. The van der Waals surface area contributed by atoms with Crippen LogP contribution in [0, 0.1) is 11.9 Å². The van der Waals surface area contributed by atoms with Crippen LogP contribution in [-0.2, 0) is 4.79 Å². The maximum atomic E-state index is 12.8. The number of likely N-dealkylation sites (tertiary alicyclic amines) is 1. The lowest BCUT2D eigenvalue weighted by Gasteiger charge is -2.25. The molecule has 1 atom stereocenters. The Bertz CT molecular complexity index is 557. The van der Waals surface area contributed by atoms with Crippen LogP contribution in [0.1, 0.15) is 29.6 Å². The largest absolute Gasteiger partial charge is 0.341 e. The van der Waals surface area contributed by atoms with Gasteiger partial charge in [0.15, 0.2) is 0 Å². The lowest BCUT2D eigenvalue weighted by Crippen LogP contribution is -2.40. The van der Waals surface area contributed by atoms with Gasteiger partial charge in [0, 0.05) is 32.3 Å². The van der Waals surface area contributed by atoms with E-state index in [1.807, 2.05) is 7.05 Å². The van der Waals surface area contributed by atoms with Crippen LogP contribution < -0.4 is 0 Å². The molecule has 2 heterocycles. The van der Waals surface area contributed by atoms with E-state index in [9.17, 15) is 14.0 Å². The molecule has 2 fully saturated rings. The summed E-state index contributed by atoms with van der Waals surface area (Å²) in [6.45, 7) is 1.15. The van der Waals surface area contributed by atoms with Gasteiger partial charge >= 0.3 is 0 Å². The minimum Gasteiger partial charge on any atom is -0.341 e. The molecule has 6 heteroatoms. The molecule has 21 heavy (non-hydrogen) atoms. The van der Waals surface area contributed by atoms with E-state index in [0.29, 0.717) is 18.7 Å². The fraction of sp³-hybridized carbons (Fsp3) is 0.533. The first-order chi connectivity index (χ1) is 10.1. The average molecular weight is 291 g/mol. The van der Waals surface area contributed by atoms with Crippen LogP contribution in [0.15, 0.2) is 18.3 Å². The topological polar surface area (TPSA) is 53.5 Å². The highest BCUT2D eigenvalue weighted by atomic mass is 19.1. The number of likely N-dealkylation sites (N-methyl/N-ethyl adjacent to an activating group) is 1. The highest BCUT2D eigenvalue weighted by molar-refractivity contribution is 5.94. The Morgan fingerprint density at radius 2 is 2.10 bits per heavy atom. The van der Waals surface area contributed by atoms with Crippen molar-refractivity contribution in [3.8, 4) is 0 Å². The Balaban J connectivity index is 1.62. The normalized spacial score (nSPS) is 21.4. The number of aromatic nitrogens is 1. The summed E-state index contributed by atoms with van der Waals surface area (Å²) in [6.07, 6.45) is 4.01. The second-order valence-corrected chi connectivity index (χ2v) is 5.79. The molecular weight excluding hydrogens is 273 g/mol. The van der Waals surface area contributed by atoms with E-state index in [2.05, 4.69) is 4.98 Å². The Morgan fingerprint density at radius 3 is 2.71 bits per heavy atom. The number of rotatable bonds is 3. The first-order valence-corrected chi connectivity index (χ1v) is 7.24. The van der Waals surface area contributed by atoms with E-state index < -0.39 is 5.95 Å². The second kappa shape index (κ2) is 5.42. The summed E-state index contributed by atoms with van der Waals surface area (Å²) < 4.78 is 12.8. The average Bonchev–Trinajstić information content (AvgIpc) is 3.23. The van der Waals surface area contributed by atoms with Gasteiger partial charge in [-0.15, -0.1) is 0 Å². The summed E-state index contributed by atoms with van der Waals surface area (Å²) in [5.74, 6) is -0.364. The van der Waals surface area contributed by atoms with E-state index in [-0.39, 0.29) is 23.8 Å². The van der Waals surface area contributed by atoms with Crippen molar-refractivity contribution in [3.05, 3.63) is 29.8 Å². The SMILES string of the molecule is CN(C(=O)C1CC1)[C@H]1CCN(C(=O)c2ccc(F)nc2)C1. The summed E-state index contributed by atoms with van der Waals surface area (Å²) in [5.41, 5.74) is 0.383. The molecule has 1 aromatic rings. The highest BCUT2D eigenvalue weighted by Crippen LogP contribution is 2.32. The quantitative estimate of drug-likeness (QED) is 0.789. The van der Waals surface area contributed by atoms with Gasteiger partial charge in [0.2, 0.25) is 11.9 Å². The maximum Gasteiger partial charge on any atom is 0.255 e. The Kier molecular flexibility index (Phi) is 3.61. The number of amides is 2. The van der Waals surface area contributed by atoms with Crippen LogP contribution in [0.5, 0.6) is 0 Å². The number of halogens is 1. The third kappa shape index (κ3) is 2.89. The molecule has 0 bridgehead atoms. The second-order valence-electron chi connectivity index (χ2n) is 5.79. The van der Waals surface area contributed by atoms with Gasteiger partial charge < -0.3 is 9.80 Å². The number of carbonyl (C=O) groups excluding carboxylic acids is 2. The molecule has 3 rings (SSSR count). The van der Waals surface area contributed by atoms with Gasteiger partial charge in [0.25, 0.3) is 5.91 Å². The van der Waals surface area contributed by atoms with Gasteiger partial charge in [0.1, 0.15) is 0 Å². The molecule has 1 aliphatic heterocycles. The molecule has 2 amide bonds. The van der Waals surface area contributed by atoms with Gasteiger partial charge in [-0.1, -0.05) is 0 Å². The predicted molar refractivity (Wildman–Crippen MR) is 74.0 cm³/mol. The van der Waals surface area contributed by atoms with Gasteiger partial charge in [-0.3, -0.25) is 9.59 Å².